The molecule has 2 rings (SSSR count). The van der Waals surface area contributed by atoms with E-state index in [0.717, 1.165) is 18.4 Å². The van der Waals surface area contributed by atoms with Gasteiger partial charge >= 0.3 is 0 Å². The van der Waals surface area contributed by atoms with E-state index in [1.54, 1.807) is 24.1 Å². The molecule has 0 saturated heterocycles. The number of nitrogens with one attached hydrogen (secondary N) is 2. The van der Waals surface area contributed by atoms with Crippen LogP contribution in [0.2, 0.25) is 0 Å². The van der Waals surface area contributed by atoms with Crippen molar-refractivity contribution < 1.29 is 13.2 Å². The summed E-state index contributed by atoms with van der Waals surface area (Å²) in [5, 5.41) is 2.98. The van der Waals surface area contributed by atoms with E-state index in [9.17, 15) is 13.2 Å². The smallest absolute Gasteiger partial charge is 0.253 e. The molecule has 6 nitrogen and oxygen atoms in total. The average Bonchev–Trinajstić information content (AvgIpc) is 3.27. The first-order valence-electron chi connectivity index (χ1n) is 7.38. The number of hydrogen-bond acceptors (Lipinski definition) is 4. The highest BCUT2D eigenvalue weighted by molar-refractivity contribution is 7.89. The third kappa shape index (κ3) is 4.06. The zero-order valence-electron chi connectivity index (χ0n) is 13.2. The molecule has 0 bridgehead atoms. The maximum Gasteiger partial charge on any atom is 0.253 e. The van der Waals surface area contributed by atoms with Gasteiger partial charge in [-0.1, -0.05) is 6.07 Å². The number of carbonyl (C=O) groups is 1. The molecule has 0 radical (unpaired) electrons. The normalized spacial score (nSPS) is 14.9. The highest BCUT2D eigenvalue weighted by atomic mass is 32.2. The van der Waals surface area contributed by atoms with Gasteiger partial charge in [-0.05, 0) is 44.5 Å². The molecule has 0 atom stereocenters. The number of hydrogen-bond donors (Lipinski definition) is 2. The van der Waals surface area contributed by atoms with Gasteiger partial charge in [0, 0.05) is 31.7 Å². The minimum atomic E-state index is -3.55. The maximum atomic E-state index is 12.5. The van der Waals surface area contributed by atoms with E-state index < -0.39 is 10.0 Å². The van der Waals surface area contributed by atoms with Crippen LogP contribution in [0.3, 0.4) is 0 Å². The summed E-state index contributed by atoms with van der Waals surface area (Å²) in [6, 6.07) is 4.74. The fourth-order valence-corrected chi connectivity index (χ4v) is 3.40. The molecule has 22 heavy (non-hydrogen) atoms. The van der Waals surface area contributed by atoms with Crippen molar-refractivity contribution in [3.63, 3.8) is 0 Å². The Balaban J connectivity index is 2.24. The van der Waals surface area contributed by atoms with Gasteiger partial charge in [-0.25, -0.2) is 13.1 Å². The van der Waals surface area contributed by atoms with Crippen molar-refractivity contribution in [1.29, 1.82) is 0 Å². The van der Waals surface area contributed by atoms with Crippen molar-refractivity contribution in [3.05, 3.63) is 29.3 Å². The van der Waals surface area contributed by atoms with Crippen LogP contribution in [0.5, 0.6) is 0 Å². The molecule has 1 aromatic rings. The lowest BCUT2D eigenvalue weighted by molar-refractivity contribution is 0.0796. The van der Waals surface area contributed by atoms with Crippen molar-refractivity contribution in [2.75, 3.05) is 27.2 Å². The Bertz CT molecular complexity index is 654. The second-order valence-corrected chi connectivity index (χ2v) is 7.42. The van der Waals surface area contributed by atoms with E-state index in [1.807, 2.05) is 14.0 Å². The topological polar surface area (TPSA) is 78.5 Å². The highest BCUT2D eigenvalue weighted by Crippen LogP contribution is 2.23. The van der Waals surface area contributed by atoms with Crippen LogP contribution in [0.15, 0.2) is 23.1 Å². The standard InChI is InChI=1S/C15H23N3O3S/c1-11-4-7-13(22(20,21)17-12-5-6-12)10-14(11)15(19)18(3)9-8-16-2/h4,7,10,12,16-17H,5-6,8-9H2,1-3H3. The molecule has 1 fully saturated rings. The molecule has 0 spiro atoms. The Hall–Kier alpha value is -1.44. The molecule has 2 N–H and O–H groups in total. The number of sulfonamides is 1. The summed E-state index contributed by atoms with van der Waals surface area (Å²) < 4.78 is 27.2. The number of carbonyl (C=O) groups excluding carboxylic acids is 1. The Morgan fingerprint density at radius 3 is 2.64 bits per heavy atom. The highest BCUT2D eigenvalue weighted by Gasteiger charge is 2.28. The molecular weight excluding hydrogens is 302 g/mol. The van der Waals surface area contributed by atoms with Crippen molar-refractivity contribution in [1.82, 2.24) is 14.9 Å². The number of rotatable bonds is 7. The van der Waals surface area contributed by atoms with Crippen LogP contribution in [0.1, 0.15) is 28.8 Å². The van der Waals surface area contributed by atoms with E-state index in [4.69, 9.17) is 0 Å². The van der Waals surface area contributed by atoms with Gasteiger partial charge in [-0.15, -0.1) is 0 Å². The van der Waals surface area contributed by atoms with Crippen LogP contribution in [0.4, 0.5) is 0 Å². The summed E-state index contributed by atoms with van der Waals surface area (Å²) in [4.78, 5) is 14.2. The van der Waals surface area contributed by atoms with Crippen LogP contribution < -0.4 is 10.0 Å². The summed E-state index contributed by atoms with van der Waals surface area (Å²) in [7, 11) is -0.0147. The molecule has 1 amide bonds. The van der Waals surface area contributed by atoms with Gasteiger partial charge in [0.05, 0.1) is 4.90 Å². The maximum absolute atomic E-state index is 12.5. The first-order valence-corrected chi connectivity index (χ1v) is 8.86. The Labute approximate surface area is 131 Å². The number of likely N-dealkylation sites (N-methyl/N-ethyl adjacent to an activating group) is 2. The zero-order chi connectivity index (χ0) is 16.3. The minimum Gasteiger partial charge on any atom is -0.340 e. The Kier molecular flexibility index (Phi) is 5.20. The average molecular weight is 325 g/mol. The lowest BCUT2D eigenvalue weighted by Crippen LogP contribution is -2.33. The second-order valence-electron chi connectivity index (χ2n) is 5.70. The van der Waals surface area contributed by atoms with Gasteiger partial charge in [-0.2, -0.15) is 0 Å². The van der Waals surface area contributed by atoms with Gasteiger partial charge in [0.2, 0.25) is 10.0 Å². The van der Waals surface area contributed by atoms with E-state index >= 15 is 0 Å². The lowest BCUT2D eigenvalue weighted by Gasteiger charge is -2.18. The third-order valence-corrected chi connectivity index (χ3v) is 5.21. The summed E-state index contributed by atoms with van der Waals surface area (Å²) in [6.07, 6.45) is 1.76. The Morgan fingerprint density at radius 1 is 1.36 bits per heavy atom. The molecule has 1 aliphatic rings. The third-order valence-electron chi connectivity index (χ3n) is 3.69. The van der Waals surface area contributed by atoms with Gasteiger partial charge in [0.15, 0.2) is 0 Å². The molecule has 0 aliphatic heterocycles. The van der Waals surface area contributed by atoms with Crippen LogP contribution in [-0.4, -0.2) is 52.5 Å². The predicted molar refractivity (Wildman–Crippen MR) is 85.4 cm³/mol. The van der Waals surface area contributed by atoms with Gasteiger partial charge < -0.3 is 10.2 Å². The predicted octanol–water partition coefficient (Wildman–Crippen LogP) is 0.727. The van der Waals surface area contributed by atoms with Crippen molar-refractivity contribution in [2.24, 2.45) is 0 Å². The largest absolute Gasteiger partial charge is 0.340 e. The summed E-state index contributed by atoms with van der Waals surface area (Å²) in [5.41, 5.74) is 1.20. The molecule has 1 aliphatic carbocycles. The molecule has 1 aromatic carbocycles. The first kappa shape index (κ1) is 16.9. The molecule has 0 heterocycles. The molecule has 122 valence electrons. The first-order chi connectivity index (χ1) is 10.3. The monoisotopic (exact) mass is 325 g/mol. The lowest BCUT2D eigenvalue weighted by atomic mass is 10.1. The van der Waals surface area contributed by atoms with Crippen molar-refractivity contribution in [2.45, 2.75) is 30.7 Å². The van der Waals surface area contributed by atoms with Crippen LogP contribution >= 0.6 is 0 Å². The fraction of sp³-hybridized carbons (Fsp3) is 0.533. The number of amides is 1. The van der Waals surface area contributed by atoms with Gasteiger partial charge in [-0.3, -0.25) is 4.79 Å². The molecule has 0 unspecified atom stereocenters. The summed E-state index contributed by atoms with van der Waals surface area (Å²) in [5.74, 6) is -0.170. The molecule has 0 aromatic heterocycles. The fourth-order valence-electron chi connectivity index (χ4n) is 2.07. The van der Waals surface area contributed by atoms with Crippen LogP contribution in [-0.2, 0) is 10.0 Å². The zero-order valence-corrected chi connectivity index (χ0v) is 14.0. The van der Waals surface area contributed by atoms with Crippen LogP contribution in [0, 0.1) is 6.92 Å². The Morgan fingerprint density at radius 2 is 2.05 bits per heavy atom. The molecular formula is C15H23N3O3S. The second kappa shape index (κ2) is 6.76. The van der Waals surface area contributed by atoms with Gasteiger partial charge in [0.25, 0.3) is 5.91 Å². The van der Waals surface area contributed by atoms with E-state index in [1.165, 1.54) is 6.07 Å². The summed E-state index contributed by atoms with van der Waals surface area (Å²) >= 11 is 0. The quantitative estimate of drug-likeness (QED) is 0.774. The molecule has 7 heteroatoms. The number of aryl methyl sites for hydroxylation is 1. The van der Waals surface area contributed by atoms with Crippen LogP contribution in [0.25, 0.3) is 0 Å². The van der Waals surface area contributed by atoms with Crippen molar-refractivity contribution >= 4 is 15.9 Å². The number of benzene rings is 1. The SMILES string of the molecule is CNCCN(C)C(=O)c1cc(S(=O)(=O)NC2CC2)ccc1C. The van der Waals surface area contributed by atoms with E-state index in [2.05, 4.69) is 10.0 Å². The minimum absolute atomic E-state index is 0.0451. The van der Waals surface area contributed by atoms with E-state index in [-0.39, 0.29) is 16.8 Å². The van der Waals surface area contributed by atoms with Gasteiger partial charge in [0.1, 0.15) is 0 Å². The summed E-state index contributed by atoms with van der Waals surface area (Å²) in [6.45, 7) is 3.05. The molecule has 1 saturated carbocycles. The van der Waals surface area contributed by atoms with Crippen molar-refractivity contribution in [3.8, 4) is 0 Å². The number of nitrogens with zero attached hydrogens (tertiary/aromatic N) is 1. The van der Waals surface area contributed by atoms with E-state index in [0.29, 0.717) is 18.7 Å².